The minimum absolute atomic E-state index is 0.0230. The van der Waals surface area contributed by atoms with E-state index in [4.69, 9.17) is 0 Å². The summed E-state index contributed by atoms with van der Waals surface area (Å²) in [5.74, 6) is -0.134. The third-order valence-electron chi connectivity index (χ3n) is 4.94. The van der Waals surface area contributed by atoms with E-state index < -0.39 is 0 Å². The molecule has 0 saturated heterocycles. The second-order valence-corrected chi connectivity index (χ2v) is 6.82. The highest BCUT2D eigenvalue weighted by atomic mass is 16.2. The lowest BCUT2D eigenvalue weighted by Crippen LogP contribution is -2.37. The van der Waals surface area contributed by atoms with E-state index in [0.29, 0.717) is 5.69 Å². The Bertz CT molecular complexity index is 816. The zero-order valence-electron chi connectivity index (χ0n) is 15.6. The molecule has 134 valence electrons. The number of nitrogens with one attached hydrogen (secondary N) is 2. The van der Waals surface area contributed by atoms with Crippen LogP contribution in [-0.2, 0) is 7.05 Å². The Labute approximate surface area is 148 Å². The molecule has 0 saturated carbocycles. The van der Waals surface area contributed by atoms with Crippen LogP contribution in [0.1, 0.15) is 35.2 Å². The van der Waals surface area contributed by atoms with Crippen LogP contribution in [0.4, 0.5) is 0 Å². The molecule has 1 atom stereocenters. The summed E-state index contributed by atoms with van der Waals surface area (Å²) in [7, 11) is 4.01. The van der Waals surface area contributed by atoms with Crippen LogP contribution in [0.25, 0.3) is 11.3 Å². The first-order chi connectivity index (χ1) is 11.9. The predicted molar refractivity (Wildman–Crippen MR) is 97.4 cm³/mol. The summed E-state index contributed by atoms with van der Waals surface area (Å²) in [4.78, 5) is 14.8. The van der Waals surface area contributed by atoms with Crippen molar-refractivity contribution in [3.63, 3.8) is 0 Å². The normalized spacial score (nSPS) is 16.6. The molecule has 0 aliphatic carbocycles. The number of aryl methyl sites for hydroxylation is 2. The maximum atomic E-state index is 12.5. The summed E-state index contributed by atoms with van der Waals surface area (Å²) in [5.41, 5.74) is 5.41. The Hall–Kier alpha value is -2.41. The van der Waals surface area contributed by atoms with Crippen molar-refractivity contribution in [1.29, 1.82) is 0 Å². The van der Waals surface area contributed by atoms with Gasteiger partial charge < -0.3 is 10.2 Å². The van der Waals surface area contributed by atoms with Crippen molar-refractivity contribution < 1.29 is 4.79 Å². The van der Waals surface area contributed by atoms with Crippen LogP contribution >= 0.6 is 0 Å². The molecule has 1 aliphatic rings. The van der Waals surface area contributed by atoms with Gasteiger partial charge in [0.1, 0.15) is 5.69 Å². The van der Waals surface area contributed by atoms with Gasteiger partial charge in [0.15, 0.2) is 0 Å². The monoisotopic (exact) mass is 342 g/mol. The van der Waals surface area contributed by atoms with Gasteiger partial charge in [0.25, 0.3) is 5.91 Å². The Morgan fingerprint density at radius 2 is 2.12 bits per heavy atom. The first-order valence-corrected chi connectivity index (χ1v) is 8.61. The van der Waals surface area contributed by atoms with Gasteiger partial charge in [-0.3, -0.25) is 14.6 Å². The number of likely N-dealkylation sites (N-methyl/N-ethyl adjacent to an activating group) is 1. The molecule has 0 bridgehead atoms. The van der Waals surface area contributed by atoms with Crippen LogP contribution in [0.15, 0.2) is 17.7 Å². The molecule has 1 aliphatic heterocycles. The third-order valence-corrected chi connectivity index (χ3v) is 4.94. The van der Waals surface area contributed by atoms with Gasteiger partial charge >= 0.3 is 0 Å². The fourth-order valence-electron chi connectivity index (χ4n) is 3.26. The number of amides is 1. The molecule has 7 heteroatoms. The van der Waals surface area contributed by atoms with E-state index in [1.807, 2.05) is 32.5 Å². The van der Waals surface area contributed by atoms with Gasteiger partial charge in [-0.25, -0.2) is 0 Å². The summed E-state index contributed by atoms with van der Waals surface area (Å²) in [5, 5.41) is 14.6. The molecule has 0 radical (unpaired) electrons. The van der Waals surface area contributed by atoms with Crippen LogP contribution in [0, 0.1) is 13.8 Å². The van der Waals surface area contributed by atoms with Crippen molar-refractivity contribution in [2.24, 2.45) is 7.05 Å². The Morgan fingerprint density at radius 3 is 2.72 bits per heavy atom. The van der Waals surface area contributed by atoms with Crippen LogP contribution in [0.5, 0.6) is 0 Å². The number of carbonyl (C=O) groups excluding carboxylic acids is 1. The average molecular weight is 342 g/mol. The lowest BCUT2D eigenvalue weighted by molar-refractivity contribution is 0.0939. The van der Waals surface area contributed by atoms with Gasteiger partial charge in [-0.1, -0.05) is 6.08 Å². The van der Waals surface area contributed by atoms with Crippen LogP contribution in [0.3, 0.4) is 0 Å². The zero-order valence-corrected chi connectivity index (χ0v) is 15.6. The van der Waals surface area contributed by atoms with E-state index in [0.717, 1.165) is 42.2 Å². The van der Waals surface area contributed by atoms with E-state index >= 15 is 0 Å². The minimum atomic E-state index is -0.134. The molecule has 7 nitrogen and oxygen atoms in total. The van der Waals surface area contributed by atoms with Crippen molar-refractivity contribution in [2.45, 2.75) is 33.2 Å². The van der Waals surface area contributed by atoms with Gasteiger partial charge in [0.2, 0.25) is 0 Å². The van der Waals surface area contributed by atoms with Gasteiger partial charge in [-0.2, -0.15) is 10.2 Å². The average Bonchev–Trinajstić information content (AvgIpc) is 3.13. The Morgan fingerprint density at radius 1 is 1.36 bits per heavy atom. The number of rotatable bonds is 4. The fourth-order valence-corrected chi connectivity index (χ4v) is 3.26. The number of nitrogens with zero attached hydrogens (tertiary/aromatic N) is 4. The zero-order chi connectivity index (χ0) is 18.1. The number of aromatic nitrogens is 4. The number of hydrogen-bond acceptors (Lipinski definition) is 4. The molecule has 2 aromatic heterocycles. The smallest absolute Gasteiger partial charge is 0.269 e. The Balaban J connectivity index is 1.73. The molecule has 1 amide bonds. The molecular formula is C18H26N6O. The third kappa shape index (κ3) is 3.51. The summed E-state index contributed by atoms with van der Waals surface area (Å²) < 4.78 is 1.83. The molecule has 2 aromatic rings. The molecule has 1 unspecified atom stereocenters. The van der Waals surface area contributed by atoms with E-state index in [2.05, 4.69) is 38.6 Å². The number of aromatic amines is 1. The standard InChI is InChI=1S/C18H26N6O/c1-11(14-6-8-23(4)9-7-14)19-18(25)16-10-15(20-21-16)17-12(2)22-24(5)13(17)3/h6,10-11H,7-9H2,1-5H3,(H,19,25)(H,20,21). The largest absolute Gasteiger partial charge is 0.345 e. The van der Waals surface area contributed by atoms with Gasteiger partial charge in [0, 0.05) is 37.4 Å². The van der Waals surface area contributed by atoms with Crippen molar-refractivity contribution in [1.82, 2.24) is 30.2 Å². The molecule has 0 fully saturated rings. The summed E-state index contributed by atoms with van der Waals surface area (Å²) >= 11 is 0. The lowest BCUT2D eigenvalue weighted by atomic mass is 10.0. The quantitative estimate of drug-likeness (QED) is 0.831. The second-order valence-electron chi connectivity index (χ2n) is 6.82. The maximum Gasteiger partial charge on any atom is 0.269 e. The number of H-pyrrole nitrogens is 1. The summed E-state index contributed by atoms with van der Waals surface area (Å²) in [6, 6.07) is 1.82. The van der Waals surface area contributed by atoms with E-state index in [-0.39, 0.29) is 11.9 Å². The first-order valence-electron chi connectivity index (χ1n) is 8.61. The van der Waals surface area contributed by atoms with E-state index in [1.165, 1.54) is 5.57 Å². The first kappa shape index (κ1) is 17.4. The number of carbonyl (C=O) groups is 1. The highest BCUT2D eigenvalue weighted by molar-refractivity contribution is 5.93. The highest BCUT2D eigenvalue weighted by Crippen LogP contribution is 2.25. The van der Waals surface area contributed by atoms with Crippen molar-refractivity contribution in [3.05, 3.63) is 34.8 Å². The molecule has 2 N–H and O–H groups in total. The summed E-state index contributed by atoms with van der Waals surface area (Å²) in [6.07, 6.45) is 3.19. The van der Waals surface area contributed by atoms with Crippen molar-refractivity contribution in [2.75, 3.05) is 20.1 Å². The molecular weight excluding hydrogens is 316 g/mol. The van der Waals surface area contributed by atoms with E-state index in [1.54, 1.807) is 6.07 Å². The number of hydrogen-bond donors (Lipinski definition) is 2. The van der Waals surface area contributed by atoms with Crippen LogP contribution in [0.2, 0.25) is 0 Å². The highest BCUT2D eigenvalue weighted by Gasteiger charge is 2.20. The van der Waals surface area contributed by atoms with Crippen molar-refractivity contribution >= 4 is 5.91 Å². The molecule has 3 rings (SSSR count). The SMILES string of the molecule is Cc1nn(C)c(C)c1-c1cc(C(=O)NC(C)C2=CCN(C)CC2)[nH]n1. The fraction of sp³-hybridized carbons (Fsp3) is 0.500. The van der Waals surface area contributed by atoms with Gasteiger partial charge in [-0.15, -0.1) is 0 Å². The summed E-state index contributed by atoms with van der Waals surface area (Å²) in [6.45, 7) is 7.94. The topological polar surface area (TPSA) is 78.8 Å². The molecule has 3 heterocycles. The predicted octanol–water partition coefficient (Wildman–Crippen LogP) is 1.81. The molecule has 0 aromatic carbocycles. The minimum Gasteiger partial charge on any atom is -0.345 e. The van der Waals surface area contributed by atoms with E-state index in [9.17, 15) is 4.79 Å². The van der Waals surface area contributed by atoms with Gasteiger partial charge in [-0.05, 0) is 45.9 Å². The van der Waals surface area contributed by atoms with Crippen molar-refractivity contribution in [3.8, 4) is 11.3 Å². The van der Waals surface area contributed by atoms with Gasteiger partial charge in [0.05, 0.1) is 11.4 Å². The van der Waals surface area contributed by atoms with Crippen LogP contribution < -0.4 is 5.32 Å². The lowest BCUT2D eigenvalue weighted by Gasteiger charge is -2.25. The Kier molecular flexibility index (Phi) is 4.76. The second kappa shape index (κ2) is 6.84. The van der Waals surface area contributed by atoms with Crippen LogP contribution in [-0.4, -0.2) is 57.0 Å². The molecule has 0 spiro atoms. The maximum absolute atomic E-state index is 12.5. The molecule has 25 heavy (non-hydrogen) atoms.